The number of hydrogen-bond acceptors (Lipinski definition) is 8. The van der Waals surface area contributed by atoms with Crippen LogP contribution in [0.4, 0.5) is 0 Å². The molecule has 0 bridgehead atoms. The van der Waals surface area contributed by atoms with Crippen LogP contribution in [0, 0.1) is 0 Å². The zero-order valence-electron chi connectivity index (χ0n) is 19.4. The topological polar surface area (TPSA) is 98.1 Å². The van der Waals surface area contributed by atoms with Crippen molar-refractivity contribution in [2.45, 2.75) is 10.3 Å². The monoisotopic (exact) mass is 498 g/mol. The van der Waals surface area contributed by atoms with Crippen molar-refractivity contribution in [2.75, 3.05) is 12.5 Å². The molecular formula is C25H22N8S2. The first kappa shape index (κ1) is 23.0. The van der Waals surface area contributed by atoms with Gasteiger partial charge in [0.15, 0.2) is 10.3 Å². The molecule has 0 fully saturated rings. The number of rotatable bonds is 4. The Morgan fingerprint density at radius 1 is 0.714 bits per heavy atom. The third-order valence-corrected chi connectivity index (χ3v) is 6.47. The Balaban J connectivity index is 0.000000145. The number of nitrogens with one attached hydrogen (secondary N) is 1. The van der Waals surface area contributed by atoms with Gasteiger partial charge in [-0.2, -0.15) is 10.2 Å². The number of aromatic amines is 1. The summed E-state index contributed by atoms with van der Waals surface area (Å²) in [7, 11) is 1.95. The number of benzene rings is 2. The lowest BCUT2D eigenvalue weighted by atomic mass is 10.1. The van der Waals surface area contributed by atoms with Gasteiger partial charge in [0.1, 0.15) is 11.4 Å². The zero-order chi connectivity index (χ0) is 24.2. The fourth-order valence-corrected chi connectivity index (χ4v) is 4.42. The number of aromatic nitrogens is 8. The van der Waals surface area contributed by atoms with E-state index in [1.807, 2.05) is 72.8 Å². The van der Waals surface area contributed by atoms with Gasteiger partial charge < -0.3 is 0 Å². The highest BCUT2D eigenvalue weighted by Gasteiger charge is 2.12. The molecule has 0 amide bonds. The Kier molecular flexibility index (Phi) is 6.73. The van der Waals surface area contributed by atoms with Gasteiger partial charge in [-0.25, -0.2) is 19.9 Å². The molecule has 0 aliphatic rings. The van der Waals surface area contributed by atoms with Crippen LogP contribution in [-0.4, -0.2) is 52.4 Å². The molecule has 4 heterocycles. The first-order valence-electron chi connectivity index (χ1n) is 10.8. The van der Waals surface area contributed by atoms with Crippen molar-refractivity contribution in [1.82, 2.24) is 39.9 Å². The normalized spacial score (nSPS) is 10.9. The summed E-state index contributed by atoms with van der Waals surface area (Å²) < 4.78 is 1.88. The summed E-state index contributed by atoms with van der Waals surface area (Å²) in [4.78, 5) is 17.3. The highest BCUT2D eigenvalue weighted by Crippen LogP contribution is 2.27. The largest absolute Gasteiger partial charge is 0.277 e. The fourth-order valence-electron chi connectivity index (χ4n) is 3.70. The van der Waals surface area contributed by atoms with E-state index in [0.717, 1.165) is 54.9 Å². The lowest BCUT2D eigenvalue weighted by molar-refractivity contribution is 0.797. The van der Waals surface area contributed by atoms with E-state index in [1.165, 1.54) is 23.5 Å². The average molecular weight is 499 g/mol. The summed E-state index contributed by atoms with van der Waals surface area (Å²) >= 11 is 3.06. The van der Waals surface area contributed by atoms with Gasteiger partial charge in [-0.3, -0.25) is 9.78 Å². The standard InChI is InChI=1S/C13H12N4S.C12H10N4S/c1-17-11-6-4-3-5-9(11)12(16-17)10-7-8-14-13(15-10)18-2;1-17-12-13-7-6-10(14-12)11-8-4-2-3-5-9(8)15-16-11/h3-8H,1-2H3;2-7H,1H3,(H,15,16). The molecule has 4 aromatic heterocycles. The molecule has 0 atom stereocenters. The Bertz CT molecular complexity index is 1610. The summed E-state index contributed by atoms with van der Waals surface area (Å²) in [6.07, 6.45) is 7.46. The molecule has 0 radical (unpaired) electrons. The van der Waals surface area contributed by atoms with Crippen LogP contribution >= 0.6 is 23.5 Å². The van der Waals surface area contributed by atoms with Crippen LogP contribution in [0.2, 0.25) is 0 Å². The lowest BCUT2D eigenvalue weighted by Crippen LogP contribution is -1.92. The van der Waals surface area contributed by atoms with Crippen molar-refractivity contribution < 1.29 is 0 Å². The SMILES string of the molecule is CSc1nccc(-c2n[nH]c3ccccc23)n1.CSc1nccc(-c2nn(C)c3ccccc23)n1. The van der Waals surface area contributed by atoms with E-state index >= 15 is 0 Å². The fraction of sp³-hybridized carbons (Fsp3) is 0.120. The first-order chi connectivity index (χ1) is 17.2. The zero-order valence-corrected chi connectivity index (χ0v) is 21.0. The van der Waals surface area contributed by atoms with Crippen LogP contribution in [0.3, 0.4) is 0 Å². The molecule has 6 aromatic rings. The lowest BCUT2D eigenvalue weighted by Gasteiger charge is -1.98. The predicted molar refractivity (Wildman–Crippen MR) is 142 cm³/mol. The molecule has 8 nitrogen and oxygen atoms in total. The van der Waals surface area contributed by atoms with Crippen molar-refractivity contribution in [1.29, 1.82) is 0 Å². The molecular weight excluding hydrogens is 476 g/mol. The van der Waals surface area contributed by atoms with Crippen molar-refractivity contribution in [2.24, 2.45) is 7.05 Å². The molecule has 174 valence electrons. The third kappa shape index (κ3) is 4.75. The van der Waals surface area contributed by atoms with E-state index in [9.17, 15) is 0 Å². The van der Waals surface area contributed by atoms with E-state index in [2.05, 4.69) is 47.4 Å². The molecule has 0 saturated carbocycles. The van der Waals surface area contributed by atoms with Crippen molar-refractivity contribution >= 4 is 45.3 Å². The second-order valence-corrected chi connectivity index (χ2v) is 9.01. The molecule has 0 saturated heterocycles. The minimum Gasteiger partial charge on any atom is -0.277 e. The Hall–Kier alpha value is -3.76. The van der Waals surface area contributed by atoms with Crippen molar-refractivity contribution in [3.63, 3.8) is 0 Å². The van der Waals surface area contributed by atoms with Crippen LogP contribution in [0.5, 0.6) is 0 Å². The number of H-pyrrole nitrogens is 1. The van der Waals surface area contributed by atoms with Crippen LogP contribution < -0.4 is 0 Å². The summed E-state index contributed by atoms with van der Waals surface area (Å²) in [5.41, 5.74) is 5.63. The molecule has 10 heteroatoms. The minimum atomic E-state index is 0.759. The quantitative estimate of drug-likeness (QED) is 0.252. The Morgan fingerprint density at radius 2 is 1.31 bits per heavy atom. The second kappa shape index (κ2) is 10.2. The van der Waals surface area contributed by atoms with E-state index in [4.69, 9.17) is 0 Å². The van der Waals surface area contributed by atoms with Gasteiger partial charge in [0.05, 0.1) is 22.4 Å². The molecule has 1 N–H and O–H groups in total. The van der Waals surface area contributed by atoms with E-state index < -0.39 is 0 Å². The first-order valence-corrected chi connectivity index (χ1v) is 13.2. The smallest absolute Gasteiger partial charge is 0.187 e. The van der Waals surface area contributed by atoms with Gasteiger partial charge in [0.2, 0.25) is 0 Å². The summed E-state index contributed by atoms with van der Waals surface area (Å²) in [5.74, 6) is 0. The average Bonchev–Trinajstić information content (AvgIpc) is 3.51. The Morgan fingerprint density at radius 3 is 2.00 bits per heavy atom. The maximum Gasteiger partial charge on any atom is 0.187 e. The van der Waals surface area contributed by atoms with Crippen molar-refractivity contribution in [3.05, 3.63) is 73.1 Å². The summed E-state index contributed by atoms with van der Waals surface area (Å²) in [6.45, 7) is 0. The van der Waals surface area contributed by atoms with Crippen LogP contribution in [0.15, 0.2) is 83.4 Å². The molecule has 35 heavy (non-hydrogen) atoms. The van der Waals surface area contributed by atoms with Gasteiger partial charge in [-0.05, 0) is 36.8 Å². The minimum absolute atomic E-state index is 0.759. The van der Waals surface area contributed by atoms with Gasteiger partial charge in [0.25, 0.3) is 0 Å². The summed E-state index contributed by atoms with van der Waals surface area (Å²) in [5, 5.41) is 15.6. The maximum atomic E-state index is 4.55. The molecule has 0 spiro atoms. The van der Waals surface area contributed by atoms with E-state index in [0.29, 0.717) is 0 Å². The highest BCUT2D eigenvalue weighted by molar-refractivity contribution is 7.98. The number of nitrogens with zero attached hydrogens (tertiary/aromatic N) is 7. The predicted octanol–water partition coefficient (Wildman–Crippen LogP) is 5.49. The van der Waals surface area contributed by atoms with Gasteiger partial charge in [0, 0.05) is 30.2 Å². The molecule has 0 aliphatic carbocycles. The number of para-hydroxylation sites is 2. The second-order valence-electron chi connectivity index (χ2n) is 7.46. The number of hydrogen-bond donors (Lipinski definition) is 1. The van der Waals surface area contributed by atoms with Gasteiger partial charge >= 0.3 is 0 Å². The number of aryl methyl sites for hydroxylation is 1. The summed E-state index contributed by atoms with van der Waals surface area (Å²) in [6, 6.07) is 20.0. The maximum absolute atomic E-state index is 4.55. The van der Waals surface area contributed by atoms with Crippen molar-refractivity contribution in [3.8, 4) is 22.8 Å². The molecule has 2 aromatic carbocycles. The third-order valence-electron chi connectivity index (χ3n) is 5.35. The van der Waals surface area contributed by atoms with E-state index in [-0.39, 0.29) is 0 Å². The Labute approximate surface area is 210 Å². The molecule has 6 rings (SSSR count). The van der Waals surface area contributed by atoms with E-state index in [1.54, 1.807) is 12.4 Å². The van der Waals surface area contributed by atoms with Gasteiger partial charge in [-0.15, -0.1) is 0 Å². The van der Waals surface area contributed by atoms with Crippen LogP contribution in [0.25, 0.3) is 44.6 Å². The van der Waals surface area contributed by atoms with Crippen LogP contribution in [0.1, 0.15) is 0 Å². The van der Waals surface area contributed by atoms with Crippen LogP contribution in [-0.2, 0) is 7.05 Å². The van der Waals surface area contributed by atoms with Gasteiger partial charge in [-0.1, -0.05) is 59.9 Å². The molecule has 0 unspecified atom stereocenters. The number of fused-ring (bicyclic) bond motifs is 2. The number of thioether (sulfide) groups is 2. The highest BCUT2D eigenvalue weighted by atomic mass is 32.2. The molecule has 0 aliphatic heterocycles.